The molecular weight excluding hydrogens is 509 g/mol. The standard InChI is InChI=1S/C27H26FN5O4S/c1-3-37-21-14-10-19(11-15-21)33-24(16-29-26(35)18-8-12-20(36-2)13-9-18)31-32-27(33)38-17-25(34)30-23-7-5-4-6-22(23)28/h4-15H,3,16-17H2,1-2H3,(H,29,35)(H,30,34). The molecule has 0 atom stereocenters. The lowest BCUT2D eigenvalue weighted by atomic mass is 10.2. The first-order chi connectivity index (χ1) is 18.5. The maximum Gasteiger partial charge on any atom is 0.251 e. The number of carbonyl (C=O) groups excluding carboxylic acids is 2. The smallest absolute Gasteiger partial charge is 0.251 e. The molecule has 0 aliphatic carbocycles. The highest BCUT2D eigenvalue weighted by Crippen LogP contribution is 2.24. The number of nitrogens with zero attached hydrogens (tertiary/aromatic N) is 3. The number of amides is 2. The van der Waals surface area contributed by atoms with Crippen molar-refractivity contribution in [3.63, 3.8) is 0 Å². The zero-order valence-corrected chi connectivity index (χ0v) is 21.6. The van der Waals surface area contributed by atoms with Gasteiger partial charge in [0.2, 0.25) is 5.91 Å². The molecule has 0 spiro atoms. The van der Waals surface area contributed by atoms with Gasteiger partial charge in [-0.3, -0.25) is 14.2 Å². The number of hydrogen-bond acceptors (Lipinski definition) is 7. The number of methoxy groups -OCH3 is 1. The summed E-state index contributed by atoms with van der Waals surface area (Å²) in [5.74, 6) is 0.603. The Hall–Kier alpha value is -4.38. The van der Waals surface area contributed by atoms with Gasteiger partial charge in [-0.2, -0.15) is 0 Å². The van der Waals surface area contributed by atoms with Crippen LogP contribution in [0.25, 0.3) is 5.69 Å². The number of nitrogens with one attached hydrogen (secondary N) is 2. The topological polar surface area (TPSA) is 107 Å². The lowest BCUT2D eigenvalue weighted by Crippen LogP contribution is -2.24. The van der Waals surface area contributed by atoms with Crippen molar-refractivity contribution in [2.24, 2.45) is 0 Å². The van der Waals surface area contributed by atoms with E-state index in [0.717, 1.165) is 17.4 Å². The molecule has 0 saturated heterocycles. The molecule has 38 heavy (non-hydrogen) atoms. The molecule has 0 saturated carbocycles. The third-order valence-corrected chi connectivity index (χ3v) is 6.27. The van der Waals surface area contributed by atoms with Crippen molar-refractivity contribution < 1.29 is 23.5 Å². The lowest BCUT2D eigenvalue weighted by Gasteiger charge is -2.12. The number of anilines is 1. The van der Waals surface area contributed by atoms with Gasteiger partial charge < -0.3 is 20.1 Å². The number of hydrogen-bond donors (Lipinski definition) is 2. The van der Waals surface area contributed by atoms with Gasteiger partial charge in [0.1, 0.15) is 17.3 Å². The Bertz CT molecular complexity index is 1390. The minimum Gasteiger partial charge on any atom is -0.497 e. The Labute approximate surface area is 223 Å². The van der Waals surface area contributed by atoms with Crippen LogP contribution in [0.2, 0.25) is 0 Å². The highest BCUT2D eigenvalue weighted by Gasteiger charge is 2.18. The van der Waals surface area contributed by atoms with Crippen LogP contribution in [0, 0.1) is 5.82 Å². The van der Waals surface area contributed by atoms with Crippen LogP contribution in [0.1, 0.15) is 23.1 Å². The van der Waals surface area contributed by atoms with Crippen molar-refractivity contribution in [2.45, 2.75) is 18.6 Å². The number of benzene rings is 3. The fourth-order valence-corrected chi connectivity index (χ4v) is 4.28. The molecule has 9 nitrogen and oxygen atoms in total. The van der Waals surface area contributed by atoms with Crippen LogP contribution >= 0.6 is 11.8 Å². The summed E-state index contributed by atoms with van der Waals surface area (Å²) >= 11 is 1.14. The van der Waals surface area contributed by atoms with Gasteiger partial charge in [-0.25, -0.2) is 4.39 Å². The molecule has 3 aromatic carbocycles. The summed E-state index contributed by atoms with van der Waals surface area (Å²) in [6.07, 6.45) is 0. The fourth-order valence-electron chi connectivity index (χ4n) is 3.51. The van der Waals surface area contributed by atoms with Crippen LogP contribution in [0.15, 0.2) is 78.0 Å². The minimum atomic E-state index is -0.515. The van der Waals surface area contributed by atoms with E-state index in [1.54, 1.807) is 48.1 Å². The van der Waals surface area contributed by atoms with Crippen LogP contribution in [-0.2, 0) is 11.3 Å². The predicted molar refractivity (Wildman–Crippen MR) is 142 cm³/mol. The van der Waals surface area contributed by atoms with E-state index in [2.05, 4.69) is 20.8 Å². The SMILES string of the molecule is CCOc1ccc(-n2c(CNC(=O)c3ccc(OC)cc3)nnc2SCC(=O)Nc2ccccc2F)cc1. The normalized spacial score (nSPS) is 10.6. The highest BCUT2D eigenvalue weighted by molar-refractivity contribution is 7.99. The van der Waals surface area contributed by atoms with Crippen LogP contribution in [-0.4, -0.2) is 46.0 Å². The molecule has 4 rings (SSSR count). The maximum atomic E-state index is 13.9. The molecule has 4 aromatic rings. The Morgan fingerprint density at radius 3 is 2.37 bits per heavy atom. The van der Waals surface area contributed by atoms with Gasteiger partial charge in [0.05, 0.1) is 31.7 Å². The summed E-state index contributed by atoms with van der Waals surface area (Å²) in [6.45, 7) is 2.53. The molecule has 2 N–H and O–H groups in total. The Morgan fingerprint density at radius 2 is 1.68 bits per heavy atom. The molecule has 1 heterocycles. The molecule has 2 amide bonds. The van der Waals surface area contributed by atoms with Gasteiger partial charge in [0, 0.05) is 11.3 Å². The van der Waals surface area contributed by atoms with Crippen molar-refractivity contribution in [3.8, 4) is 17.2 Å². The van der Waals surface area contributed by atoms with E-state index >= 15 is 0 Å². The molecule has 0 unspecified atom stereocenters. The molecule has 0 radical (unpaired) electrons. The second kappa shape index (κ2) is 12.7. The Morgan fingerprint density at radius 1 is 0.974 bits per heavy atom. The van der Waals surface area contributed by atoms with Gasteiger partial charge >= 0.3 is 0 Å². The average Bonchev–Trinajstić information content (AvgIpc) is 3.35. The van der Waals surface area contributed by atoms with Gasteiger partial charge in [-0.15, -0.1) is 10.2 Å². The second-order valence-electron chi connectivity index (χ2n) is 7.89. The summed E-state index contributed by atoms with van der Waals surface area (Å²) in [6, 6.07) is 20.0. The zero-order chi connectivity index (χ0) is 26.9. The van der Waals surface area contributed by atoms with Gasteiger partial charge in [-0.05, 0) is 67.6 Å². The number of carbonyl (C=O) groups is 2. The average molecular weight is 536 g/mol. The maximum absolute atomic E-state index is 13.9. The molecule has 11 heteroatoms. The van der Waals surface area contributed by atoms with E-state index < -0.39 is 11.7 Å². The number of halogens is 1. The van der Waals surface area contributed by atoms with Crippen LogP contribution in [0.4, 0.5) is 10.1 Å². The van der Waals surface area contributed by atoms with Crippen LogP contribution in [0.5, 0.6) is 11.5 Å². The van der Waals surface area contributed by atoms with E-state index in [9.17, 15) is 14.0 Å². The number of rotatable bonds is 11. The van der Waals surface area contributed by atoms with E-state index in [1.807, 2.05) is 31.2 Å². The van der Waals surface area contributed by atoms with Gasteiger partial charge in [0.15, 0.2) is 11.0 Å². The molecule has 0 bridgehead atoms. The van der Waals surface area contributed by atoms with E-state index in [0.29, 0.717) is 34.7 Å². The molecule has 196 valence electrons. The van der Waals surface area contributed by atoms with Crippen molar-refractivity contribution in [2.75, 3.05) is 24.8 Å². The summed E-state index contributed by atoms with van der Waals surface area (Å²) in [5.41, 5.74) is 1.30. The lowest BCUT2D eigenvalue weighted by molar-refractivity contribution is -0.113. The van der Waals surface area contributed by atoms with Crippen molar-refractivity contribution in [3.05, 3.63) is 90.0 Å². The zero-order valence-electron chi connectivity index (χ0n) is 20.8. The highest BCUT2D eigenvalue weighted by atomic mass is 32.2. The van der Waals surface area contributed by atoms with E-state index in [4.69, 9.17) is 9.47 Å². The van der Waals surface area contributed by atoms with Gasteiger partial charge in [0.25, 0.3) is 5.91 Å². The summed E-state index contributed by atoms with van der Waals surface area (Å²) in [7, 11) is 1.56. The first-order valence-corrected chi connectivity index (χ1v) is 12.7. The van der Waals surface area contributed by atoms with Crippen molar-refractivity contribution in [1.82, 2.24) is 20.1 Å². The molecule has 0 aliphatic heterocycles. The third-order valence-electron chi connectivity index (χ3n) is 5.35. The molecular formula is C27H26FN5O4S. The summed E-state index contributed by atoms with van der Waals surface area (Å²) < 4.78 is 26.3. The minimum absolute atomic E-state index is 0.0261. The third kappa shape index (κ3) is 6.68. The number of ether oxygens (including phenoxy) is 2. The predicted octanol–water partition coefficient (Wildman–Crippen LogP) is 4.47. The number of thioether (sulfide) groups is 1. The second-order valence-corrected chi connectivity index (χ2v) is 8.83. The van der Waals surface area contributed by atoms with Crippen molar-refractivity contribution in [1.29, 1.82) is 0 Å². The number of aromatic nitrogens is 3. The molecule has 1 aromatic heterocycles. The van der Waals surface area contributed by atoms with Crippen LogP contribution < -0.4 is 20.1 Å². The largest absolute Gasteiger partial charge is 0.497 e. The first kappa shape index (κ1) is 26.7. The molecule has 0 fully saturated rings. The molecule has 0 aliphatic rings. The van der Waals surface area contributed by atoms with Gasteiger partial charge in [-0.1, -0.05) is 23.9 Å². The van der Waals surface area contributed by atoms with Crippen molar-refractivity contribution >= 4 is 29.3 Å². The van der Waals surface area contributed by atoms with E-state index in [1.165, 1.54) is 12.1 Å². The van der Waals surface area contributed by atoms with Crippen LogP contribution in [0.3, 0.4) is 0 Å². The first-order valence-electron chi connectivity index (χ1n) is 11.8. The number of para-hydroxylation sites is 1. The summed E-state index contributed by atoms with van der Waals surface area (Å²) in [5, 5.41) is 14.3. The van der Waals surface area contributed by atoms with E-state index in [-0.39, 0.29) is 23.9 Å². The summed E-state index contributed by atoms with van der Waals surface area (Å²) in [4.78, 5) is 25.2. The monoisotopic (exact) mass is 535 g/mol. The fraction of sp³-hybridized carbons (Fsp3) is 0.185. The quantitative estimate of drug-likeness (QED) is 0.273. The Kier molecular flexibility index (Phi) is 8.94. The Balaban J connectivity index is 1.51.